The molecule has 2 amide bonds. The first-order valence-electron chi connectivity index (χ1n) is 5.49. The van der Waals surface area contributed by atoms with Gasteiger partial charge in [0.1, 0.15) is 0 Å². The minimum atomic E-state index is -0.365. The molecule has 1 aromatic rings. The Bertz CT molecular complexity index is 447. The van der Waals surface area contributed by atoms with E-state index in [1.54, 1.807) is 27.7 Å². The molecule has 6 N–H and O–H groups in total. The van der Waals surface area contributed by atoms with Crippen LogP contribution in [0.5, 0.6) is 0 Å². The summed E-state index contributed by atoms with van der Waals surface area (Å²) in [6.07, 6.45) is 0. The number of carbonyl (C=O) groups excluding carboxylic acids is 2. The molecule has 0 unspecified atom stereocenters. The second kappa shape index (κ2) is 5.16. The molecule has 1 rings (SSSR count). The van der Waals surface area contributed by atoms with Gasteiger partial charge >= 0.3 is 0 Å². The van der Waals surface area contributed by atoms with Crippen molar-refractivity contribution in [2.24, 2.45) is 11.7 Å². The molecular formula is C12H18N4O2. The number of amides is 2. The highest BCUT2D eigenvalue weighted by Gasteiger charge is 2.22. The lowest BCUT2D eigenvalue weighted by Gasteiger charge is -2.18. The van der Waals surface area contributed by atoms with E-state index in [9.17, 15) is 9.59 Å². The summed E-state index contributed by atoms with van der Waals surface area (Å²) in [7, 11) is 0. The highest BCUT2D eigenvalue weighted by molar-refractivity contribution is 6.02. The van der Waals surface area contributed by atoms with Gasteiger partial charge in [0.15, 0.2) is 0 Å². The van der Waals surface area contributed by atoms with Crippen molar-refractivity contribution in [1.82, 2.24) is 10.9 Å². The summed E-state index contributed by atoms with van der Waals surface area (Å²) >= 11 is 0. The van der Waals surface area contributed by atoms with E-state index in [4.69, 9.17) is 11.7 Å². The molecule has 1 aromatic carbocycles. The SMILES string of the molecule is Cc1c(C)c(C(=O)NN)c(C)c(C)c1C(=O)NN. The van der Waals surface area contributed by atoms with Gasteiger partial charge in [-0.15, -0.1) is 0 Å². The van der Waals surface area contributed by atoms with Gasteiger partial charge < -0.3 is 0 Å². The smallest absolute Gasteiger partial charge is 0.265 e. The number of nitrogens with two attached hydrogens (primary N) is 2. The second-order valence-electron chi connectivity index (χ2n) is 4.20. The van der Waals surface area contributed by atoms with E-state index >= 15 is 0 Å². The molecule has 0 atom stereocenters. The van der Waals surface area contributed by atoms with Crippen LogP contribution in [0.4, 0.5) is 0 Å². The van der Waals surface area contributed by atoms with Crippen molar-refractivity contribution < 1.29 is 9.59 Å². The van der Waals surface area contributed by atoms with Crippen LogP contribution in [0.15, 0.2) is 0 Å². The van der Waals surface area contributed by atoms with Crippen molar-refractivity contribution in [3.05, 3.63) is 33.4 Å². The quantitative estimate of drug-likeness (QED) is 0.339. The Morgan fingerprint density at radius 2 is 0.944 bits per heavy atom. The molecule has 0 heterocycles. The van der Waals surface area contributed by atoms with E-state index in [2.05, 4.69) is 10.9 Å². The van der Waals surface area contributed by atoms with Crippen LogP contribution >= 0.6 is 0 Å². The molecule has 6 nitrogen and oxygen atoms in total. The lowest BCUT2D eigenvalue weighted by molar-refractivity contribution is 0.0939. The standard InChI is InChI=1S/C12H18N4O2/c1-5-6(2)10(12(18)16-14)8(4)7(3)9(5)11(17)15-13/h13-14H2,1-4H3,(H,15,17)(H,16,18). The third-order valence-electron chi connectivity index (χ3n) is 3.34. The topological polar surface area (TPSA) is 110 Å². The number of carbonyl (C=O) groups is 2. The lowest BCUT2D eigenvalue weighted by atomic mass is 9.88. The van der Waals surface area contributed by atoms with Gasteiger partial charge in [-0.05, 0) is 49.9 Å². The average Bonchev–Trinajstić information content (AvgIpc) is 2.36. The average molecular weight is 250 g/mol. The third kappa shape index (κ3) is 2.07. The molecule has 0 radical (unpaired) electrons. The van der Waals surface area contributed by atoms with Gasteiger partial charge in [-0.25, -0.2) is 11.7 Å². The molecule has 98 valence electrons. The number of nitrogen functional groups attached to an aromatic ring is 2. The fourth-order valence-corrected chi connectivity index (χ4v) is 2.14. The van der Waals surface area contributed by atoms with Crippen molar-refractivity contribution in [3.8, 4) is 0 Å². The molecule has 0 bridgehead atoms. The summed E-state index contributed by atoms with van der Waals surface area (Å²) < 4.78 is 0. The minimum Gasteiger partial charge on any atom is -0.290 e. The zero-order valence-electron chi connectivity index (χ0n) is 11.0. The first-order chi connectivity index (χ1) is 8.36. The van der Waals surface area contributed by atoms with Gasteiger partial charge in [0, 0.05) is 11.1 Å². The Morgan fingerprint density at radius 3 is 1.11 bits per heavy atom. The maximum absolute atomic E-state index is 11.7. The molecule has 6 heteroatoms. The lowest BCUT2D eigenvalue weighted by Crippen LogP contribution is -2.34. The molecule has 18 heavy (non-hydrogen) atoms. The van der Waals surface area contributed by atoms with Crippen LogP contribution in [-0.2, 0) is 0 Å². The number of hydrazine groups is 2. The van der Waals surface area contributed by atoms with Gasteiger partial charge in [0.05, 0.1) is 0 Å². The second-order valence-corrected chi connectivity index (χ2v) is 4.20. The molecule has 0 spiro atoms. The maximum Gasteiger partial charge on any atom is 0.265 e. The summed E-state index contributed by atoms with van der Waals surface area (Å²) in [5, 5.41) is 0. The van der Waals surface area contributed by atoms with E-state index in [1.807, 2.05) is 0 Å². The van der Waals surface area contributed by atoms with Crippen LogP contribution in [0.3, 0.4) is 0 Å². The molecule has 0 aromatic heterocycles. The van der Waals surface area contributed by atoms with Gasteiger partial charge in [-0.2, -0.15) is 0 Å². The summed E-state index contributed by atoms with van der Waals surface area (Å²) in [6.45, 7) is 7.11. The van der Waals surface area contributed by atoms with Crippen molar-refractivity contribution >= 4 is 11.8 Å². The van der Waals surface area contributed by atoms with E-state index in [0.29, 0.717) is 11.1 Å². The predicted octanol–water partition coefficient (Wildman–Crippen LogP) is 0.127. The number of nitrogens with one attached hydrogen (secondary N) is 2. The number of benzene rings is 1. The first-order valence-corrected chi connectivity index (χ1v) is 5.49. The number of hydrogen-bond donors (Lipinski definition) is 4. The van der Waals surface area contributed by atoms with Gasteiger partial charge in [0.25, 0.3) is 11.8 Å². The third-order valence-corrected chi connectivity index (χ3v) is 3.34. The van der Waals surface area contributed by atoms with Crippen LogP contribution in [0.1, 0.15) is 43.0 Å². The largest absolute Gasteiger partial charge is 0.290 e. The minimum absolute atomic E-state index is 0.365. The summed E-state index contributed by atoms with van der Waals surface area (Å²) in [5.74, 6) is 9.60. The molecule has 0 aliphatic carbocycles. The first kappa shape index (κ1) is 14.1. The molecule has 0 aliphatic heterocycles. The van der Waals surface area contributed by atoms with Crippen LogP contribution in [-0.4, -0.2) is 11.8 Å². The van der Waals surface area contributed by atoms with Crippen molar-refractivity contribution in [1.29, 1.82) is 0 Å². The molecule has 0 fully saturated rings. The summed E-state index contributed by atoms with van der Waals surface area (Å²) in [6, 6.07) is 0. The van der Waals surface area contributed by atoms with Gasteiger partial charge in [0.2, 0.25) is 0 Å². The van der Waals surface area contributed by atoms with Crippen LogP contribution in [0.25, 0.3) is 0 Å². The number of hydrogen-bond acceptors (Lipinski definition) is 4. The van der Waals surface area contributed by atoms with Gasteiger partial charge in [-0.1, -0.05) is 0 Å². The van der Waals surface area contributed by atoms with Crippen molar-refractivity contribution in [2.45, 2.75) is 27.7 Å². The molecular weight excluding hydrogens is 232 g/mol. The van der Waals surface area contributed by atoms with Crippen LogP contribution in [0.2, 0.25) is 0 Å². The van der Waals surface area contributed by atoms with E-state index in [0.717, 1.165) is 22.3 Å². The monoisotopic (exact) mass is 250 g/mol. The number of rotatable bonds is 2. The zero-order chi connectivity index (χ0) is 14.0. The Hall–Kier alpha value is -1.92. The van der Waals surface area contributed by atoms with Crippen molar-refractivity contribution in [2.75, 3.05) is 0 Å². The fraction of sp³-hybridized carbons (Fsp3) is 0.333. The van der Waals surface area contributed by atoms with E-state index in [-0.39, 0.29) is 11.8 Å². The summed E-state index contributed by atoms with van der Waals surface area (Å²) in [4.78, 5) is 23.5. The van der Waals surface area contributed by atoms with Crippen molar-refractivity contribution in [3.63, 3.8) is 0 Å². The van der Waals surface area contributed by atoms with E-state index in [1.165, 1.54) is 0 Å². The predicted molar refractivity (Wildman–Crippen MR) is 68.7 cm³/mol. The molecule has 0 aliphatic rings. The van der Waals surface area contributed by atoms with E-state index < -0.39 is 0 Å². The fourth-order valence-electron chi connectivity index (χ4n) is 2.14. The highest BCUT2D eigenvalue weighted by atomic mass is 16.2. The zero-order valence-corrected chi connectivity index (χ0v) is 11.0. The Labute approximate surface area is 106 Å². The Kier molecular flexibility index (Phi) is 4.05. The Balaban J connectivity index is 3.66. The van der Waals surface area contributed by atoms with Crippen LogP contribution < -0.4 is 22.5 Å². The maximum atomic E-state index is 11.7. The van der Waals surface area contributed by atoms with Gasteiger partial charge in [-0.3, -0.25) is 20.4 Å². The summed E-state index contributed by atoms with van der Waals surface area (Å²) in [5.41, 5.74) is 8.12. The normalized spacial score (nSPS) is 10.1. The molecule has 0 saturated heterocycles. The Morgan fingerprint density at radius 1 is 0.722 bits per heavy atom. The van der Waals surface area contributed by atoms with Crippen LogP contribution in [0, 0.1) is 27.7 Å². The highest BCUT2D eigenvalue weighted by Crippen LogP contribution is 2.26. The molecule has 0 saturated carbocycles.